The predicted octanol–water partition coefficient (Wildman–Crippen LogP) is 4.34. The molecule has 0 saturated carbocycles. The van der Waals surface area contributed by atoms with E-state index in [1.165, 1.54) is 0 Å². The lowest BCUT2D eigenvalue weighted by Crippen LogP contribution is -2.44. The number of hydrogen-bond acceptors (Lipinski definition) is 4. The highest BCUT2D eigenvalue weighted by atomic mass is 79.9. The monoisotopic (exact) mass is 473 g/mol. The van der Waals surface area contributed by atoms with Gasteiger partial charge in [0.15, 0.2) is 0 Å². The van der Waals surface area contributed by atoms with Crippen LogP contribution in [0.2, 0.25) is 5.02 Å². The van der Waals surface area contributed by atoms with E-state index in [0.29, 0.717) is 29.7 Å². The minimum Gasteiger partial charge on any atom is -0.458 e. The first-order valence-electron chi connectivity index (χ1n) is 7.41. The van der Waals surface area contributed by atoms with Crippen LogP contribution in [0.25, 0.3) is 0 Å². The van der Waals surface area contributed by atoms with Crippen molar-refractivity contribution in [1.82, 2.24) is 14.9 Å². The Labute approximate surface area is 161 Å². The molecule has 1 aromatic carbocycles. The van der Waals surface area contributed by atoms with Crippen molar-refractivity contribution in [1.29, 1.82) is 0 Å². The zero-order valence-electron chi connectivity index (χ0n) is 12.6. The summed E-state index contributed by atoms with van der Waals surface area (Å²) in [7, 11) is 0. The van der Waals surface area contributed by atoms with Gasteiger partial charge in [-0.05, 0) is 47.0 Å². The zero-order chi connectivity index (χ0) is 17.1. The summed E-state index contributed by atoms with van der Waals surface area (Å²) < 4.78 is 7.42. The van der Waals surface area contributed by atoms with Gasteiger partial charge in [0, 0.05) is 23.4 Å². The van der Waals surface area contributed by atoms with Crippen LogP contribution < -0.4 is 4.74 Å². The average Bonchev–Trinajstić information content (AvgIpc) is 2.59. The highest BCUT2D eigenvalue weighted by molar-refractivity contribution is 9.10. The lowest BCUT2D eigenvalue weighted by molar-refractivity contribution is 0.0516. The van der Waals surface area contributed by atoms with Gasteiger partial charge in [0.25, 0.3) is 5.91 Å². The second-order valence-corrected chi connectivity index (χ2v) is 7.68. The Morgan fingerprint density at radius 2 is 2.00 bits per heavy atom. The maximum absolute atomic E-state index is 12.7. The number of amides is 1. The molecule has 1 aliphatic heterocycles. The summed E-state index contributed by atoms with van der Waals surface area (Å²) in [4.78, 5) is 22.7. The van der Waals surface area contributed by atoms with Gasteiger partial charge in [0.2, 0.25) is 0 Å². The summed E-state index contributed by atoms with van der Waals surface area (Å²) >= 11 is 12.8. The minimum atomic E-state index is -0.130. The molecule has 1 aromatic heterocycles. The third-order valence-electron chi connectivity index (χ3n) is 3.69. The van der Waals surface area contributed by atoms with Crippen LogP contribution in [0, 0.1) is 0 Å². The van der Waals surface area contributed by atoms with E-state index >= 15 is 0 Å². The van der Waals surface area contributed by atoms with E-state index < -0.39 is 0 Å². The number of piperidine rings is 1. The van der Waals surface area contributed by atoms with Gasteiger partial charge in [-0.25, -0.2) is 9.97 Å². The quantitative estimate of drug-likeness (QED) is 0.663. The molecule has 24 heavy (non-hydrogen) atoms. The summed E-state index contributed by atoms with van der Waals surface area (Å²) in [5.74, 6) is -0.0914. The summed E-state index contributed by atoms with van der Waals surface area (Å²) in [5, 5.41) is 0.447. The van der Waals surface area contributed by atoms with Crippen molar-refractivity contribution < 1.29 is 9.53 Å². The standard InChI is InChI=1S/C16H14Br2ClN3O2/c17-10-3-4-14(19)13(6-10)15(23)22-5-1-2-12(9-22)24-16-20-7-11(18)8-21-16/h3-4,6-8,12H,1-2,5,9H2. The Kier molecular flexibility index (Phi) is 5.73. The molecule has 2 heterocycles. The van der Waals surface area contributed by atoms with E-state index in [2.05, 4.69) is 41.8 Å². The fourth-order valence-corrected chi connectivity index (χ4v) is 3.33. The third-order valence-corrected chi connectivity index (χ3v) is 4.93. The molecule has 3 rings (SSSR count). The fourth-order valence-electron chi connectivity index (χ4n) is 2.56. The van der Waals surface area contributed by atoms with E-state index in [9.17, 15) is 4.79 Å². The average molecular weight is 476 g/mol. The summed E-state index contributed by atoms with van der Waals surface area (Å²) in [6.45, 7) is 1.17. The molecule has 0 radical (unpaired) electrons. The van der Waals surface area contributed by atoms with Crippen molar-refractivity contribution >= 4 is 49.4 Å². The summed E-state index contributed by atoms with van der Waals surface area (Å²) in [6, 6.07) is 5.59. The number of benzene rings is 1. The highest BCUT2D eigenvalue weighted by Crippen LogP contribution is 2.24. The molecule has 1 amide bonds. The van der Waals surface area contributed by atoms with E-state index in [1.807, 2.05) is 6.07 Å². The van der Waals surface area contributed by atoms with Gasteiger partial charge in [0.05, 0.1) is 21.6 Å². The highest BCUT2D eigenvalue weighted by Gasteiger charge is 2.27. The van der Waals surface area contributed by atoms with Crippen molar-refractivity contribution in [3.63, 3.8) is 0 Å². The topological polar surface area (TPSA) is 55.3 Å². The predicted molar refractivity (Wildman–Crippen MR) is 98.4 cm³/mol. The smallest absolute Gasteiger partial charge is 0.316 e. The van der Waals surface area contributed by atoms with Crippen LogP contribution in [0.4, 0.5) is 0 Å². The number of nitrogens with zero attached hydrogens (tertiary/aromatic N) is 3. The van der Waals surface area contributed by atoms with Crippen molar-refractivity contribution in [2.24, 2.45) is 0 Å². The molecule has 0 bridgehead atoms. The molecule has 126 valence electrons. The molecule has 0 N–H and O–H groups in total. The molecule has 1 aliphatic rings. The van der Waals surface area contributed by atoms with Crippen LogP contribution >= 0.6 is 43.5 Å². The Morgan fingerprint density at radius 3 is 2.75 bits per heavy atom. The number of carbonyl (C=O) groups is 1. The number of hydrogen-bond donors (Lipinski definition) is 0. The molecule has 1 atom stereocenters. The van der Waals surface area contributed by atoms with Crippen molar-refractivity contribution in [3.8, 4) is 6.01 Å². The van der Waals surface area contributed by atoms with Gasteiger partial charge >= 0.3 is 6.01 Å². The largest absolute Gasteiger partial charge is 0.458 e. The Morgan fingerprint density at radius 1 is 1.25 bits per heavy atom. The van der Waals surface area contributed by atoms with Crippen molar-refractivity contribution in [2.45, 2.75) is 18.9 Å². The van der Waals surface area contributed by atoms with Gasteiger partial charge in [-0.2, -0.15) is 0 Å². The first-order valence-corrected chi connectivity index (χ1v) is 9.38. The zero-order valence-corrected chi connectivity index (χ0v) is 16.5. The molecule has 0 aliphatic carbocycles. The Hall–Kier alpha value is -1.18. The summed E-state index contributed by atoms with van der Waals surface area (Å²) in [5.41, 5.74) is 0.492. The second kappa shape index (κ2) is 7.80. The first-order chi connectivity index (χ1) is 11.5. The van der Waals surface area contributed by atoms with Crippen LogP contribution in [-0.2, 0) is 0 Å². The van der Waals surface area contributed by atoms with E-state index in [1.54, 1.807) is 29.4 Å². The molecule has 1 unspecified atom stereocenters. The summed E-state index contributed by atoms with van der Waals surface area (Å²) in [6.07, 6.45) is 4.85. The molecule has 1 saturated heterocycles. The lowest BCUT2D eigenvalue weighted by Gasteiger charge is -2.32. The van der Waals surface area contributed by atoms with Crippen LogP contribution in [-0.4, -0.2) is 40.0 Å². The maximum atomic E-state index is 12.7. The fraction of sp³-hybridized carbons (Fsp3) is 0.312. The van der Waals surface area contributed by atoms with Gasteiger partial charge < -0.3 is 9.64 Å². The van der Waals surface area contributed by atoms with Gasteiger partial charge in [-0.15, -0.1) is 0 Å². The van der Waals surface area contributed by atoms with Crippen molar-refractivity contribution in [2.75, 3.05) is 13.1 Å². The molecular formula is C16H14Br2ClN3O2. The molecule has 8 heteroatoms. The van der Waals surface area contributed by atoms with E-state index in [4.69, 9.17) is 16.3 Å². The number of ether oxygens (including phenoxy) is 1. The van der Waals surface area contributed by atoms with Crippen LogP contribution in [0.1, 0.15) is 23.2 Å². The normalized spacial score (nSPS) is 17.6. The number of carbonyl (C=O) groups excluding carboxylic acids is 1. The number of aromatic nitrogens is 2. The van der Waals surface area contributed by atoms with Crippen LogP contribution in [0.3, 0.4) is 0 Å². The van der Waals surface area contributed by atoms with Crippen LogP contribution in [0.5, 0.6) is 6.01 Å². The molecular weight excluding hydrogens is 461 g/mol. The van der Waals surface area contributed by atoms with Crippen LogP contribution in [0.15, 0.2) is 39.5 Å². The SMILES string of the molecule is O=C(c1cc(Br)ccc1Cl)N1CCCC(Oc2ncc(Br)cn2)C1. The Bertz CT molecular complexity index is 743. The van der Waals surface area contributed by atoms with E-state index in [-0.39, 0.29) is 12.0 Å². The molecule has 2 aromatic rings. The van der Waals surface area contributed by atoms with Crippen molar-refractivity contribution in [3.05, 3.63) is 50.1 Å². The van der Waals surface area contributed by atoms with Gasteiger partial charge in [-0.3, -0.25) is 4.79 Å². The number of halogens is 3. The second-order valence-electron chi connectivity index (χ2n) is 5.44. The first kappa shape index (κ1) is 17.6. The third kappa shape index (κ3) is 4.26. The molecule has 1 fully saturated rings. The van der Waals surface area contributed by atoms with E-state index in [0.717, 1.165) is 21.8 Å². The van der Waals surface area contributed by atoms with Gasteiger partial charge in [0.1, 0.15) is 6.10 Å². The minimum absolute atomic E-state index is 0.0914. The molecule has 5 nitrogen and oxygen atoms in total. The van der Waals surface area contributed by atoms with Gasteiger partial charge in [-0.1, -0.05) is 27.5 Å². The Balaban J connectivity index is 1.69. The number of rotatable bonds is 3. The lowest BCUT2D eigenvalue weighted by atomic mass is 10.1. The number of likely N-dealkylation sites (tertiary alicyclic amines) is 1. The molecule has 0 spiro atoms. The maximum Gasteiger partial charge on any atom is 0.316 e.